The lowest BCUT2D eigenvalue weighted by Crippen LogP contribution is -2.31. The van der Waals surface area contributed by atoms with E-state index < -0.39 is 0 Å². The first-order valence-electron chi connectivity index (χ1n) is 6.47. The van der Waals surface area contributed by atoms with Crippen molar-refractivity contribution in [2.75, 3.05) is 17.2 Å². The Balaban J connectivity index is 2.44. The van der Waals surface area contributed by atoms with E-state index in [1.54, 1.807) is 4.90 Å². The molecule has 0 atom stereocenters. The molecule has 2 aromatic rings. The minimum atomic E-state index is -0.0378. The average Bonchev–Trinajstić information content (AvgIpc) is 2.44. The van der Waals surface area contributed by atoms with Crippen LogP contribution >= 0.6 is 15.9 Å². The van der Waals surface area contributed by atoms with Crippen molar-refractivity contribution in [2.45, 2.75) is 13.8 Å². The Kier molecular flexibility index (Phi) is 4.45. The molecule has 2 aromatic carbocycles. The van der Waals surface area contributed by atoms with E-state index in [-0.39, 0.29) is 5.91 Å². The minimum absolute atomic E-state index is 0.0378. The quantitative estimate of drug-likeness (QED) is 0.863. The van der Waals surface area contributed by atoms with Gasteiger partial charge in [0.1, 0.15) is 0 Å². The molecule has 0 aliphatic rings. The summed E-state index contributed by atoms with van der Waals surface area (Å²) >= 11 is 3.39. The average molecular weight is 333 g/mol. The molecule has 0 spiro atoms. The van der Waals surface area contributed by atoms with Gasteiger partial charge in [-0.05, 0) is 43.7 Å². The molecular weight excluding hydrogens is 316 g/mol. The van der Waals surface area contributed by atoms with Gasteiger partial charge in [0.2, 0.25) is 0 Å². The lowest BCUT2D eigenvalue weighted by atomic mass is 10.1. The van der Waals surface area contributed by atoms with Gasteiger partial charge in [-0.15, -0.1) is 0 Å². The molecule has 1 amide bonds. The number of rotatable bonds is 3. The first-order chi connectivity index (χ1) is 9.54. The van der Waals surface area contributed by atoms with Gasteiger partial charge < -0.3 is 10.6 Å². The molecule has 104 valence electrons. The van der Waals surface area contributed by atoms with E-state index in [1.165, 1.54) is 0 Å². The smallest absolute Gasteiger partial charge is 0.258 e. The first kappa shape index (κ1) is 14.6. The Hall–Kier alpha value is -1.81. The normalized spacial score (nSPS) is 10.3. The van der Waals surface area contributed by atoms with E-state index in [4.69, 9.17) is 5.73 Å². The van der Waals surface area contributed by atoms with Crippen LogP contribution in [-0.2, 0) is 0 Å². The number of halogens is 1. The molecule has 0 fully saturated rings. The van der Waals surface area contributed by atoms with Gasteiger partial charge >= 0.3 is 0 Å². The van der Waals surface area contributed by atoms with Crippen molar-refractivity contribution in [3.8, 4) is 0 Å². The molecule has 20 heavy (non-hydrogen) atoms. The molecule has 4 heteroatoms. The summed E-state index contributed by atoms with van der Waals surface area (Å²) in [5, 5.41) is 0. The monoisotopic (exact) mass is 332 g/mol. The fourth-order valence-electron chi connectivity index (χ4n) is 2.12. The molecule has 0 saturated heterocycles. The highest BCUT2D eigenvalue weighted by atomic mass is 79.9. The number of carbonyl (C=O) groups is 1. The van der Waals surface area contributed by atoms with Crippen molar-refractivity contribution in [1.82, 2.24) is 0 Å². The van der Waals surface area contributed by atoms with Crippen LogP contribution in [0, 0.1) is 6.92 Å². The van der Waals surface area contributed by atoms with E-state index in [0.717, 1.165) is 15.7 Å². The van der Waals surface area contributed by atoms with Crippen molar-refractivity contribution >= 4 is 33.2 Å². The minimum Gasteiger partial charge on any atom is -0.398 e. The van der Waals surface area contributed by atoms with Crippen LogP contribution in [0.4, 0.5) is 11.4 Å². The number of hydrogen-bond donors (Lipinski definition) is 1. The van der Waals surface area contributed by atoms with E-state index >= 15 is 0 Å². The van der Waals surface area contributed by atoms with Crippen LogP contribution in [0.1, 0.15) is 22.8 Å². The summed E-state index contributed by atoms with van der Waals surface area (Å²) < 4.78 is 0.813. The van der Waals surface area contributed by atoms with Crippen molar-refractivity contribution in [1.29, 1.82) is 0 Å². The third-order valence-electron chi connectivity index (χ3n) is 3.27. The Labute approximate surface area is 127 Å². The van der Waals surface area contributed by atoms with Crippen LogP contribution in [0.3, 0.4) is 0 Å². The lowest BCUT2D eigenvalue weighted by Gasteiger charge is -2.22. The fraction of sp³-hybridized carbons (Fsp3) is 0.188. The summed E-state index contributed by atoms with van der Waals surface area (Å²) in [7, 11) is 0. The number of para-hydroxylation sites is 1. The SMILES string of the molecule is CCN(C(=O)c1cc(Br)cc(N)c1C)c1ccccc1. The highest BCUT2D eigenvalue weighted by Crippen LogP contribution is 2.25. The largest absolute Gasteiger partial charge is 0.398 e. The van der Waals surface area contributed by atoms with Gasteiger partial charge in [0.05, 0.1) is 0 Å². The number of benzene rings is 2. The van der Waals surface area contributed by atoms with Crippen LogP contribution in [0.25, 0.3) is 0 Å². The van der Waals surface area contributed by atoms with Crippen LogP contribution in [0.15, 0.2) is 46.9 Å². The van der Waals surface area contributed by atoms with Crippen LogP contribution < -0.4 is 10.6 Å². The number of hydrogen-bond acceptors (Lipinski definition) is 2. The van der Waals surface area contributed by atoms with Crippen LogP contribution in [0.2, 0.25) is 0 Å². The number of nitrogen functional groups attached to an aromatic ring is 1. The summed E-state index contributed by atoms with van der Waals surface area (Å²) in [5.74, 6) is -0.0378. The number of nitrogens with zero attached hydrogens (tertiary/aromatic N) is 1. The number of anilines is 2. The third kappa shape index (κ3) is 2.85. The molecular formula is C16H17BrN2O. The summed E-state index contributed by atoms with van der Waals surface area (Å²) in [6.07, 6.45) is 0. The lowest BCUT2D eigenvalue weighted by molar-refractivity contribution is 0.0987. The Morgan fingerprint density at radius 2 is 1.90 bits per heavy atom. The van der Waals surface area contributed by atoms with Gasteiger partial charge in [-0.2, -0.15) is 0 Å². The molecule has 0 unspecified atom stereocenters. The predicted octanol–water partition coefficient (Wildman–Crippen LogP) is 4.01. The molecule has 2 N–H and O–H groups in total. The van der Waals surface area contributed by atoms with Crippen molar-refractivity contribution in [3.05, 3.63) is 58.1 Å². The Morgan fingerprint density at radius 1 is 1.25 bits per heavy atom. The van der Waals surface area contributed by atoms with E-state index in [1.807, 2.05) is 56.3 Å². The fourth-order valence-corrected chi connectivity index (χ4v) is 2.59. The van der Waals surface area contributed by atoms with Crippen LogP contribution in [-0.4, -0.2) is 12.5 Å². The highest BCUT2D eigenvalue weighted by molar-refractivity contribution is 9.10. The topological polar surface area (TPSA) is 46.3 Å². The van der Waals surface area contributed by atoms with Gasteiger partial charge in [0.15, 0.2) is 0 Å². The molecule has 0 bridgehead atoms. The second-order valence-corrected chi connectivity index (χ2v) is 5.47. The zero-order valence-electron chi connectivity index (χ0n) is 11.6. The second-order valence-electron chi connectivity index (χ2n) is 4.55. The molecule has 0 radical (unpaired) electrons. The molecule has 0 saturated carbocycles. The molecule has 2 rings (SSSR count). The van der Waals surface area contributed by atoms with Gasteiger partial charge in [-0.25, -0.2) is 0 Å². The third-order valence-corrected chi connectivity index (χ3v) is 3.73. The summed E-state index contributed by atoms with van der Waals surface area (Å²) in [6, 6.07) is 13.3. The molecule has 0 heterocycles. The molecule has 0 aliphatic heterocycles. The van der Waals surface area contributed by atoms with Gasteiger partial charge in [-0.3, -0.25) is 4.79 Å². The summed E-state index contributed by atoms with van der Waals surface area (Å²) in [5.41, 5.74) is 8.88. The maximum absolute atomic E-state index is 12.8. The second kappa shape index (κ2) is 6.09. The number of carbonyl (C=O) groups excluding carboxylic acids is 1. The zero-order chi connectivity index (χ0) is 14.7. The highest BCUT2D eigenvalue weighted by Gasteiger charge is 2.19. The van der Waals surface area contributed by atoms with E-state index in [9.17, 15) is 4.79 Å². The number of nitrogens with two attached hydrogens (primary N) is 1. The maximum atomic E-state index is 12.8. The molecule has 0 aliphatic carbocycles. The molecule has 0 aromatic heterocycles. The summed E-state index contributed by atoms with van der Waals surface area (Å²) in [4.78, 5) is 14.5. The van der Waals surface area contributed by atoms with Crippen molar-refractivity contribution in [2.24, 2.45) is 0 Å². The van der Waals surface area contributed by atoms with Crippen molar-refractivity contribution < 1.29 is 4.79 Å². The number of amides is 1. The van der Waals surface area contributed by atoms with Gasteiger partial charge in [0.25, 0.3) is 5.91 Å². The van der Waals surface area contributed by atoms with E-state index in [2.05, 4.69) is 15.9 Å². The van der Waals surface area contributed by atoms with Gasteiger partial charge in [0, 0.05) is 28.0 Å². The summed E-state index contributed by atoms with van der Waals surface area (Å²) in [6.45, 7) is 4.43. The standard InChI is InChI=1S/C16H17BrN2O/c1-3-19(13-7-5-4-6-8-13)16(20)14-9-12(17)10-15(18)11(14)2/h4-10H,3,18H2,1-2H3. The van der Waals surface area contributed by atoms with Gasteiger partial charge in [-0.1, -0.05) is 34.1 Å². The molecule has 3 nitrogen and oxygen atoms in total. The predicted molar refractivity (Wildman–Crippen MR) is 87.1 cm³/mol. The zero-order valence-corrected chi connectivity index (χ0v) is 13.1. The van der Waals surface area contributed by atoms with Crippen LogP contribution in [0.5, 0.6) is 0 Å². The Morgan fingerprint density at radius 3 is 2.50 bits per heavy atom. The van der Waals surface area contributed by atoms with Crippen molar-refractivity contribution in [3.63, 3.8) is 0 Å². The first-order valence-corrected chi connectivity index (χ1v) is 7.26. The maximum Gasteiger partial charge on any atom is 0.258 e. The van der Waals surface area contributed by atoms with E-state index in [0.29, 0.717) is 17.8 Å². The Bertz CT molecular complexity index is 626.